The smallest absolute Gasteiger partial charge is 0.310 e. The first-order chi connectivity index (χ1) is 7.63. The summed E-state index contributed by atoms with van der Waals surface area (Å²) < 4.78 is 4.72. The summed E-state index contributed by atoms with van der Waals surface area (Å²) in [5, 5.41) is 16.0. The Kier molecular flexibility index (Phi) is 3.97. The largest absolute Gasteiger partial charge is 0.339 e. The molecule has 0 bridgehead atoms. The highest BCUT2D eigenvalue weighted by Crippen LogP contribution is 1.94. The van der Waals surface area contributed by atoms with Gasteiger partial charge in [-0.2, -0.15) is 10.2 Å². The van der Waals surface area contributed by atoms with Crippen LogP contribution in [-0.4, -0.2) is 28.5 Å². The van der Waals surface area contributed by atoms with Crippen LogP contribution in [0.4, 0.5) is 0 Å². The molecule has 84 valence electrons. The molecule has 0 saturated heterocycles. The van der Waals surface area contributed by atoms with Crippen molar-refractivity contribution in [1.29, 1.82) is 5.26 Å². The summed E-state index contributed by atoms with van der Waals surface area (Å²) in [6.07, 6.45) is 0. The van der Waals surface area contributed by atoms with Gasteiger partial charge in [0.25, 0.3) is 0 Å². The van der Waals surface area contributed by atoms with Crippen molar-refractivity contribution in [2.45, 2.75) is 13.5 Å². The molecule has 0 aromatic carbocycles. The molecular weight excluding hydrogens is 214 g/mol. The number of hydrogen-bond donors (Lipinski definition) is 2. The third-order valence-electron chi connectivity index (χ3n) is 1.50. The lowest BCUT2D eigenvalue weighted by Crippen LogP contribution is -2.39. The summed E-state index contributed by atoms with van der Waals surface area (Å²) in [6.45, 7) is 1.39. The second-order valence-corrected chi connectivity index (χ2v) is 2.76. The molecule has 0 saturated carbocycles. The Bertz CT molecular complexity index is 433. The number of hydrogen-bond acceptors (Lipinski definition) is 6. The van der Waals surface area contributed by atoms with Crippen molar-refractivity contribution in [3.05, 3.63) is 11.7 Å². The van der Waals surface area contributed by atoms with Gasteiger partial charge in [0.05, 0.1) is 12.6 Å². The lowest BCUT2D eigenvalue weighted by molar-refractivity contribution is -0.139. The van der Waals surface area contributed by atoms with Crippen LogP contribution in [-0.2, 0) is 16.1 Å². The standard InChI is InChI=1S/C8H9N5O3/c1-5-12-6(16-13-5)4-11-8(15)7(14)10-3-2-9/h3-4H2,1H3,(H,10,14)(H,11,15). The number of carbonyl (C=O) groups is 2. The van der Waals surface area contributed by atoms with E-state index < -0.39 is 11.8 Å². The van der Waals surface area contributed by atoms with Gasteiger partial charge < -0.3 is 15.2 Å². The normalized spacial score (nSPS) is 9.25. The van der Waals surface area contributed by atoms with Crippen LogP contribution < -0.4 is 10.6 Å². The SMILES string of the molecule is Cc1noc(CNC(=O)C(=O)NCC#N)n1. The Morgan fingerprint density at radius 3 is 2.69 bits per heavy atom. The first kappa shape index (κ1) is 11.6. The maximum absolute atomic E-state index is 11.1. The van der Waals surface area contributed by atoms with E-state index in [-0.39, 0.29) is 19.0 Å². The maximum atomic E-state index is 11.1. The van der Waals surface area contributed by atoms with Gasteiger partial charge in [-0.25, -0.2) is 0 Å². The van der Waals surface area contributed by atoms with Crippen molar-refractivity contribution in [3.63, 3.8) is 0 Å². The van der Waals surface area contributed by atoms with E-state index in [0.717, 1.165) is 0 Å². The fourth-order valence-corrected chi connectivity index (χ4v) is 0.848. The molecule has 1 rings (SSSR count). The average molecular weight is 223 g/mol. The van der Waals surface area contributed by atoms with Gasteiger partial charge in [0.1, 0.15) is 6.54 Å². The first-order valence-electron chi connectivity index (χ1n) is 4.35. The number of nitriles is 1. The molecule has 8 heteroatoms. The summed E-state index contributed by atoms with van der Waals surface area (Å²) in [4.78, 5) is 25.9. The molecule has 2 N–H and O–H groups in total. The van der Waals surface area contributed by atoms with E-state index in [1.807, 2.05) is 0 Å². The van der Waals surface area contributed by atoms with Gasteiger partial charge >= 0.3 is 11.8 Å². The molecule has 0 aliphatic heterocycles. The van der Waals surface area contributed by atoms with Gasteiger partial charge in [0, 0.05) is 0 Å². The predicted molar refractivity (Wildman–Crippen MR) is 49.5 cm³/mol. The number of rotatable bonds is 3. The molecule has 1 aromatic rings. The quantitative estimate of drug-likeness (QED) is 0.482. The predicted octanol–water partition coefficient (Wildman–Crippen LogP) is -1.37. The van der Waals surface area contributed by atoms with Crippen LogP contribution in [0.5, 0.6) is 0 Å². The van der Waals surface area contributed by atoms with E-state index >= 15 is 0 Å². The van der Waals surface area contributed by atoms with Crippen molar-refractivity contribution in [1.82, 2.24) is 20.8 Å². The first-order valence-corrected chi connectivity index (χ1v) is 4.35. The maximum Gasteiger partial charge on any atom is 0.310 e. The number of aromatic nitrogens is 2. The Morgan fingerprint density at radius 2 is 2.12 bits per heavy atom. The lowest BCUT2D eigenvalue weighted by atomic mass is 10.5. The van der Waals surface area contributed by atoms with Gasteiger partial charge in [-0.3, -0.25) is 9.59 Å². The number of nitrogens with one attached hydrogen (secondary N) is 2. The van der Waals surface area contributed by atoms with Crippen LogP contribution >= 0.6 is 0 Å². The molecule has 0 unspecified atom stereocenters. The third kappa shape index (κ3) is 3.38. The van der Waals surface area contributed by atoms with E-state index in [4.69, 9.17) is 9.78 Å². The lowest BCUT2D eigenvalue weighted by Gasteiger charge is -2.00. The monoisotopic (exact) mass is 223 g/mol. The minimum atomic E-state index is -0.877. The van der Waals surface area contributed by atoms with Gasteiger partial charge in [0.15, 0.2) is 5.82 Å². The molecule has 1 aromatic heterocycles. The Morgan fingerprint density at radius 1 is 1.44 bits per heavy atom. The average Bonchev–Trinajstić information content (AvgIpc) is 2.68. The zero-order valence-corrected chi connectivity index (χ0v) is 8.48. The van der Waals surface area contributed by atoms with E-state index in [0.29, 0.717) is 5.82 Å². The van der Waals surface area contributed by atoms with Crippen molar-refractivity contribution in [3.8, 4) is 6.07 Å². The number of carbonyl (C=O) groups excluding carboxylic acids is 2. The van der Waals surface area contributed by atoms with Crippen molar-refractivity contribution in [2.24, 2.45) is 0 Å². The van der Waals surface area contributed by atoms with E-state index in [1.165, 1.54) is 0 Å². The molecule has 0 fully saturated rings. The summed E-state index contributed by atoms with van der Waals surface area (Å²) in [7, 11) is 0. The van der Waals surface area contributed by atoms with Gasteiger partial charge in [-0.15, -0.1) is 0 Å². The fraction of sp³-hybridized carbons (Fsp3) is 0.375. The highest BCUT2D eigenvalue weighted by molar-refractivity contribution is 6.35. The molecule has 0 atom stereocenters. The van der Waals surface area contributed by atoms with E-state index in [9.17, 15) is 9.59 Å². The van der Waals surface area contributed by atoms with Crippen LogP contribution in [0.1, 0.15) is 11.7 Å². The Hall–Kier alpha value is -2.43. The van der Waals surface area contributed by atoms with Crippen LogP contribution in [0.3, 0.4) is 0 Å². The topological polar surface area (TPSA) is 121 Å². The number of nitrogens with zero attached hydrogens (tertiary/aromatic N) is 3. The zero-order chi connectivity index (χ0) is 12.0. The molecule has 8 nitrogen and oxygen atoms in total. The molecule has 0 radical (unpaired) electrons. The second-order valence-electron chi connectivity index (χ2n) is 2.76. The molecular formula is C8H9N5O3. The highest BCUT2D eigenvalue weighted by Gasteiger charge is 2.13. The van der Waals surface area contributed by atoms with E-state index in [2.05, 4.69) is 20.8 Å². The number of amides is 2. The fourth-order valence-electron chi connectivity index (χ4n) is 0.848. The molecule has 1 heterocycles. The molecule has 0 aliphatic rings. The molecule has 0 aliphatic carbocycles. The van der Waals surface area contributed by atoms with E-state index in [1.54, 1.807) is 13.0 Å². The molecule has 16 heavy (non-hydrogen) atoms. The summed E-state index contributed by atoms with van der Waals surface area (Å²) in [5.41, 5.74) is 0. The van der Waals surface area contributed by atoms with Gasteiger partial charge in [0.2, 0.25) is 5.89 Å². The molecule has 2 amide bonds. The zero-order valence-electron chi connectivity index (χ0n) is 8.48. The summed E-state index contributed by atoms with van der Waals surface area (Å²) >= 11 is 0. The van der Waals surface area contributed by atoms with Crippen LogP contribution in [0.15, 0.2) is 4.52 Å². The van der Waals surface area contributed by atoms with Gasteiger partial charge in [-0.05, 0) is 6.92 Å². The summed E-state index contributed by atoms with van der Waals surface area (Å²) in [6, 6.07) is 1.68. The minimum absolute atomic E-state index is 0.0281. The second kappa shape index (κ2) is 5.45. The van der Waals surface area contributed by atoms with Crippen molar-refractivity contribution >= 4 is 11.8 Å². The summed E-state index contributed by atoms with van der Waals surface area (Å²) in [5.74, 6) is -1.08. The molecule has 0 spiro atoms. The van der Waals surface area contributed by atoms with Crippen molar-refractivity contribution in [2.75, 3.05) is 6.54 Å². The Labute approximate surface area is 90.6 Å². The number of aryl methyl sites for hydroxylation is 1. The minimum Gasteiger partial charge on any atom is -0.339 e. The van der Waals surface area contributed by atoms with Crippen LogP contribution in [0.2, 0.25) is 0 Å². The highest BCUT2D eigenvalue weighted by atomic mass is 16.5. The Balaban J connectivity index is 2.35. The third-order valence-corrected chi connectivity index (χ3v) is 1.50. The van der Waals surface area contributed by atoms with Crippen molar-refractivity contribution < 1.29 is 14.1 Å². The van der Waals surface area contributed by atoms with Crippen LogP contribution in [0, 0.1) is 18.3 Å². The van der Waals surface area contributed by atoms with Crippen LogP contribution in [0.25, 0.3) is 0 Å². The van der Waals surface area contributed by atoms with Gasteiger partial charge in [-0.1, -0.05) is 5.16 Å².